The van der Waals surface area contributed by atoms with Gasteiger partial charge in [-0.1, -0.05) is 54.6 Å². The van der Waals surface area contributed by atoms with Crippen LogP contribution in [0.3, 0.4) is 0 Å². The van der Waals surface area contributed by atoms with Crippen molar-refractivity contribution in [1.29, 1.82) is 0 Å². The van der Waals surface area contributed by atoms with Crippen LogP contribution in [0.5, 0.6) is 0 Å². The second-order valence-electron chi connectivity index (χ2n) is 5.89. The van der Waals surface area contributed by atoms with Gasteiger partial charge in [0.25, 0.3) is 20.2 Å². The first kappa shape index (κ1) is 20.7. The molecule has 0 atom stereocenters. The fourth-order valence-electron chi connectivity index (χ4n) is 2.65. The standard InChI is InChI=1S/C19H16N2O6S2/c22-28(23,24)18-15(10-9-14-6-2-1-3-7-14)11-12-16(19(18)29(25,26)27)21-17-8-4-5-13-20-17/h1-13H,(H,20,21)(H,22,23,24)(H,25,26,27). The lowest BCUT2D eigenvalue weighted by Gasteiger charge is -2.14. The fraction of sp³-hybridized carbons (Fsp3) is 0. The van der Waals surface area contributed by atoms with Gasteiger partial charge in [-0.05, 0) is 29.3 Å². The lowest BCUT2D eigenvalue weighted by molar-refractivity contribution is 0.467. The number of anilines is 2. The zero-order valence-electron chi connectivity index (χ0n) is 14.8. The molecule has 3 aromatic rings. The Bertz CT molecular complexity index is 1260. The Morgan fingerprint density at radius 2 is 1.41 bits per heavy atom. The van der Waals surface area contributed by atoms with E-state index in [1.54, 1.807) is 48.5 Å². The summed E-state index contributed by atoms with van der Waals surface area (Å²) in [5.74, 6) is 0.214. The number of pyridine rings is 1. The maximum absolute atomic E-state index is 12.0. The summed E-state index contributed by atoms with van der Waals surface area (Å²) in [5.41, 5.74) is 0.351. The molecule has 0 aliphatic carbocycles. The number of benzene rings is 2. The zero-order valence-corrected chi connectivity index (χ0v) is 16.4. The summed E-state index contributed by atoms with van der Waals surface area (Å²) in [4.78, 5) is 2.07. The highest BCUT2D eigenvalue weighted by Gasteiger charge is 2.30. The molecule has 0 saturated carbocycles. The van der Waals surface area contributed by atoms with Gasteiger partial charge in [0.05, 0.1) is 5.69 Å². The summed E-state index contributed by atoms with van der Waals surface area (Å²) in [6, 6.07) is 16.2. The first-order chi connectivity index (χ1) is 13.7. The molecular weight excluding hydrogens is 416 g/mol. The Kier molecular flexibility index (Phi) is 5.80. The molecule has 150 valence electrons. The van der Waals surface area contributed by atoms with E-state index < -0.39 is 30.0 Å². The van der Waals surface area contributed by atoms with E-state index in [0.717, 1.165) is 5.56 Å². The second-order valence-corrected chi connectivity index (χ2v) is 8.61. The highest BCUT2D eigenvalue weighted by atomic mass is 32.2. The van der Waals surface area contributed by atoms with Gasteiger partial charge >= 0.3 is 0 Å². The molecular formula is C19H16N2O6S2. The van der Waals surface area contributed by atoms with Gasteiger partial charge in [-0.3, -0.25) is 9.11 Å². The molecule has 1 aromatic heterocycles. The van der Waals surface area contributed by atoms with E-state index in [0.29, 0.717) is 0 Å². The van der Waals surface area contributed by atoms with Gasteiger partial charge in [-0.2, -0.15) is 16.8 Å². The highest BCUT2D eigenvalue weighted by molar-refractivity contribution is 7.89. The van der Waals surface area contributed by atoms with Crippen LogP contribution in [0.4, 0.5) is 11.5 Å². The first-order valence-electron chi connectivity index (χ1n) is 8.19. The van der Waals surface area contributed by atoms with Crippen molar-refractivity contribution in [3.05, 3.63) is 78.0 Å². The summed E-state index contributed by atoms with van der Waals surface area (Å²) in [6.07, 6.45) is 4.32. The zero-order chi connectivity index (χ0) is 21.1. The maximum Gasteiger partial charge on any atom is 0.298 e. The van der Waals surface area contributed by atoms with Crippen LogP contribution < -0.4 is 5.32 Å². The average Bonchev–Trinajstić information content (AvgIpc) is 2.66. The molecule has 10 heteroatoms. The highest BCUT2D eigenvalue weighted by Crippen LogP contribution is 2.34. The van der Waals surface area contributed by atoms with Gasteiger partial charge in [-0.15, -0.1) is 0 Å². The van der Waals surface area contributed by atoms with E-state index in [-0.39, 0.29) is 17.1 Å². The number of rotatable bonds is 6. The third-order valence-electron chi connectivity index (χ3n) is 3.84. The largest absolute Gasteiger partial charge is 0.339 e. The monoisotopic (exact) mass is 432 g/mol. The van der Waals surface area contributed by atoms with E-state index in [1.807, 2.05) is 0 Å². The van der Waals surface area contributed by atoms with Crippen molar-refractivity contribution in [2.45, 2.75) is 9.79 Å². The fourth-order valence-corrected chi connectivity index (χ4v) is 4.81. The SMILES string of the molecule is O=S(=O)(O)c1c(C=Cc2ccccc2)ccc(Nc2ccccn2)c1S(=O)(=O)O. The number of nitrogens with one attached hydrogen (secondary N) is 1. The first-order valence-corrected chi connectivity index (χ1v) is 11.1. The van der Waals surface area contributed by atoms with Crippen molar-refractivity contribution in [3.63, 3.8) is 0 Å². The van der Waals surface area contributed by atoms with Crippen LogP contribution in [0.25, 0.3) is 12.2 Å². The van der Waals surface area contributed by atoms with Crippen LogP contribution in [0, 0.1) is 0 Å². The molecule has 3 N–H and O–H groups in total. The Hall–Kier alpha value is -3.05. The van der Waals surface area contributed by atoms with Crippen LogP contribution in [0.15, 0.2) is 76.7 Å². The molecule has 0 unspecified atom stereocenters. The number of aromatic nitrogens is 1. The number of hydrogen-bond donors (Lipinski definition) is 3. The van der Waals surface area contributed by atoms with E-state index in [4.69, 9.17) is 0 Å². The quantitative estimate of drug-likeness (QED) is 0.398. The van der Waals surface area contributed by atoms with Crippen molar-refractivity contribution >= 4 is 43.9 Å². The molecule has 29 heavy (non-hydrogen) atoms. The normalized spacial score (nSPS) is 12.2. The number of hydrogen-bond acceptors (Lipinski definition) is 6. The van der Waals surface area contributed by atoms with E-state index >= 15 is 0 Å². The van der Waals surface area contributed by atoms with E-state index in [2.05, 4.69) is 10.3 Å². The summed E-state index contributed by atoms with van der Waals surface area (Å²) >= 11 is 0. The third kappa shape index (κ3) is 5.06. The summed E-state index contributed by atoms with van der Waals surface area (Å²) < 4.78 is 67.6. The molecule has 0 amide bonds. The Balaban J connectivity index is 2.22. The van der Waals surface area contributed by atoms with Crippen LogP contribution in [-0.2, 0) is 20.2 Å². The van der Waals surface area contributed by atoms with Crippen molar-refractivity contribution in [1.82, 2.24) is 4.98 Å². The van der Waals surface area contributed by atoms with Gasteiger partial charge in [-0.25, -0.2) is 4.98 Å². The van der Waals surface area contributed by atoms with Crippen molar-refractivity contribution < 1.29 is 25.9 Å². The summed E-state index contributed by atoms with van der Waals surface area (Å²) in [5, 5.41) is 2.64. The molecule has 0 aliphatic heterocycles. The van der Waals surface area contributed by atoms with E-state index in [9.17, 15) is 25.9 Å². The smallest absolute Gasteiger partial charge is 0.298 e. The topological polar surface area (TPSA) is 134 Å². The Morgan fingerprint density at radius 3 is 2.00 bits per heavy atom. The van der Waals surface area contributed by atoms with Crippen LogP contribution >= 0.6 is 0 Å². The average molecular weight is 432 g/mol. The Morgan fingerprint density at radius 1 is 0.759 bits per heavy atom. The minimum atomic E-state index is -5.04. The van der Waals surface area contributed by atoms with Crippen LogP contribution in [0.2, 0.25) is 0 Å². The van der Waals surface area contributed by atoms with Crippen molar-refractivity contribution in [3.8, 4) is 0 Å². The summed E-state index contributed by atoms with van der Waals surface area (Å²) in [6.45, 7) is 0. The van der Waals surface area contributed by atoms with Crippen LogP contribution in [-0.4, -0.2) is 30.9 Å². The molecule has 0 bridgehead atoms. The van der Waals surface area contributed by atoms with Gasteiger partial charge in [0, 0.05) is 6.20 Å². The Labute approximate surface area is 168 Å². The van der Waals surface area contributed by atoms with Crippen LogP contribution in [0.1, 0.15) is 11.1 Å². The van der Waals surface area contributed by atoms with Crippen molar-refractivity contribution in [2.24, 2.45) is 0 Å². The molecule has 1 heterocycles. The maximum atomic E-state index is 12.0. The van der Waals surface area contributed by atoms with E-state index in [1.165, 1.54) is 30.5 Å². The van der Waals surface area contributed by atoms with Gasteiger partial charge < -0.3 is 5.32 Å². The molecule has 0 spiro atoms. The summed E-state index contributed by atoms with van der Waals surface area (Å²) in [7, 11) is -10.1. The minimum absolute atomic E-state index is 0.115. The second kappa shape index (κ2) is 8.13. The third-order valence-corrected chi connectivity index (χ3v) is 5.87. The van der Waals surface area contributed by atoms with Gasteiger partial charge in [0.15, 0.2) is 0 Å². The van der Waals surface area contributed by atoms with Gasteiger partial charge in [0.2, 0.25) is 0 Å². The predicted molar refractivity (Wildman–Crippen MR) is 109 cm³/mol. The van der Waals surface area contributed by atoms with Gasteiger partial charge in [0.1, 0.15) is 15.6 Å². The van der Waals surface area contributed by atoms with Crippen molar-refractivity contribution in [2.75, 3.05) is 5.32 Å². The number of nitrogens with zero attached hydrogens (tertiary/aromatic N) is 1. The lowest BCUT2D eigenvalue weighted by Crippen LogP contribution is -2.13. The molecule has 0 aliphatic rings. The molecule has 3 rings (SSSR count). The molecule has 0 saturated heterocycles. The predicted octanol–water partition coefficient (Wildman–Crippen LogP) is 3.49. The lowest BCUT2D eigenvalue weighted by atomic mass is 10.1. The molecule has 0 radical (unpaired) electrons. The molecule has 8 nitrogen and oxygen atoms in total. The molecule has 0 fully saturated rings. The minimum Gasteiger partial charge on any atom is -0.339 e. The molecule has 2 aromatic carbocycles.